The SMILES string of the molecule is CCCCC(CC)CC(CCCCC(=O)O)(CC(CC)CCCC)C(=O)O. The van der Waals surface area contributed by atoms with E-state index in [9.17, 15) is 14.7 Å². The van der Waals surface area contributed by atoms with Gasteiger partial charge in [-0.2, -0.15) is 0 Å². The zero-order chi connectivity index (χ0) is 20.7. The molecule has 0 fully saturated rings. The molecule has 2 atom stereocenters. The highest BCUT2D eigenvalue weighted by molar-refractivity contribution is 5.74. The van der Waals surface area contributed by atoms with E-state index < -0.39 is 17.4 Å². The van der Waals surface area contributed by atoms with Gasteiger partial charge in [0.05, 0.1) is 5.41 Å². The molecular weight excluding hydrogens is 340 g/mol. The molecule has 27 heavy (non-hydrogen) atoms. The lowest BCUT2D eigenvalue weighted by atomic mass is 9.67. The quantitative estimate of drug-likeness (QED) is 0.252. The fourth-order valence-corrected chi connectivity index (χ4v) is 4.30. The highest BCUT2D eigenvalue weighted by atomic mass is 16.4. The van der Waals surface area contributed by atoms with E-state index in [1.165, 1.54) is 0 Å². The van der Waals surface area contributed by atoms with Crippen LogP contribution in [0.4, 0.5) is 0 Å². The first-order valence-corrected chi connectivity index (χ1v) is 11.3. The van der Waals surface area contributed by atoms with Gasteiger partial charge in [-0.25, -0.2) is 0 Å². The summed E-state index contributed by atoms with van der Waals surface area (Å²) in [6.07, 6.45) is 12.3. The minimum absolute atomic E-state index is 0.135. The standard InChI is InChI=1S/C23H44O4/c1-5-9-13-19(7-3)17-23(22(26)27,16-12-11-15-21(24)25)18-20(8-4)14-10-6-2/h19-20H,5-18H2,1-4H3,(H,24,25)(H,26,27). The number of rotatable bonds is 18. The maximum atomic E-state index is 12.5. The molecular formula is C23H44O4. The van der Waals surface area contributed by atoms with E-state index in [1.807, 2.05) is 0 Å². The van der Waals surface area contributed by atoms with Crippen molar-refractivity contribution in [3.63, 3.8) is 0 Å². The Balaban J connectivity index is 5.33. The first-order valence-electron chi connectivity index (χ1n) is 11.3. The van der Waals surface area contributed by atoms with Crippen LogP contribution in [0.25, 0.3) is 0 Å². The zero-order valence-corrected chi connectivity index (χ0v) is 18.3. The van der Waals surface area contributed by atoms with Gasteiger partial charge >= 0.3 is 11.9 Å². The average molecular weight is 385 g/mol. The first kappa shape index (κ1) is 25.9. The van der Waals surface area contributed by atoms with Gasteiger partial charge < -0.3 is 10.2 Å². The van der Waals surface area contributed by atoms with Gasteiger partial charge in [-0.3, -0.25) is 9.59 Å². The van der Waals surface area contributed by atoms with Gasteiger partial charge in [-0.05, 0) is 37.5 Å². The summed E-state index contributed by atoms with van der Waals surface area (Å²) in [6, 6.07) is 0. The van der Waals surface area contributed by atoms with Gasteiger partial charge in [-0.15, -0.1) is 0 Å². The van der Waals surface area contributed by atoms with Gasteiger partial charge in [0.2, 0.25) is 0 Å². The number of hydrogen-bond acceptors (Lipinski definition) is 2. The van der Waals surface area contributed by atoms with E-state index in [0.717, 1.165) is 64.2 Å². The fourth-order valence-electron chi connectivity index (χ4n) is 4.30. The van der Waals surface area contributed by atoms with Crippen LogP contribution in [-0.4, -0.2) is 22.2 Å². The molecule has 4 heteroatoms. The van der Waals surface area contributed by atoms with Crippen molar-refractivity contribution < 1.29 is 19.8 Å². The van der Waals surface area contributed by atoms with Crippen LogP contribution in [0.15, 0.2) is 0 Å². The zero-order valence-electron chi connectivity index (χ0n) is 18.3. The molecule has 2 unspecified atom stereocenters. The average Bonchev–Trinajstić information content (AvgIpc) is 2.64. The van der Waals surface area contributed by atoms with E-state index in [2.05, 4.69) is 27.7 Å². The predicted molar refractivity (Wildman–Crippen MR) is 112 cm³/mol. The minimum Gasteiger partial charge on any atom is -0.481 e. The molecule has 0 aromatic heterocycles. The van der Waals surface area contributed by atoms with Crippen molar-refractivity contribution in [2.75, 3.05) is 0 Å². The molecule has 0 rings (SSSR count). The Labute approximate surface area is 167 Å². The van der Waals surface area contributed by atoms with Gasteiger partial charge in [0.15, 0.2) is 0 Å². The van der Waals surface area contributed by atoms with E-state index >= 15 is 0 Å². The molecule has 0 radical (unpaired) electrons. The van der Waals surface area contributed by atoms with E-state index in [4.69, 9.17) is 5.11 Å². The van der Waals surface area contributed by atoms with Crippen molar-refractivity contribution in [3.8, 4) is 0 Å². The van der Waals surface area contributed by atoms with Crippen molar-refractivity contribution >= 4 is 11.9 Å². The summed E-state index contributed by atoms with van der Waals surface area (Å²) in [5, 5.41) is 19.2. The summed E-state index contributed by atoms with van der Waals surface area (Å²) in [6.45, 7) is 8.71. The summed E-state index contributed by atoms with van der Waals surface area (Å²) in [4.78, 5) is 23.3. The van der Waals surface area contributed by atoms with Crippen LogP contribution in [-0.2, 0) is 9.59 Å². The van der Waals surface area contributed by atoms with Gasteiger partial charge in [0.1, 0.15) is 0 Å². The van der Waals surface area contributed by atoms with E-state index in [1.54, 1.807) is 0 Å². The largest absolute Gasteiger partial charge is 0.481 e. The molecule has 0 spiro atoms. The lowest BCUT2D eigenvalue weighted by Gasteiger charge is -2.36. The Morgan fingerprint density at radius 1 is 0.778 bits per heavy atom. The lowest BCUT2D eigenvalue weighted by Crippen LogP contribution is -2.36. The maximum Gasteiger partial charge on any atom is 0.309 e. The molecule has 4 nitrogen and oxygen atoms in total. The van der Waals surface area contributed by atoms with Crippen molar-refractivity contribution in [2.24, 2.45) is 17.3 Å². The van der Waals surface area contributed by atoms with Crippen molar-refractivity contribution in [2.45, 2.75) is 118 Å². The third-order valence-corrected chi connectivity index (χ3v) is 6.20. The molecule has 0 bridgehead atoms. The highest BCUT2D eigenvalue weighted by Gasteiger charge is 2.41. The second kappa shape index (κ2) is 14.9. The third kappa shape index (κ3) is 10.8. The van der Waals surface area contributed by atoms with Crippen LogP contribution < -0.4 is 0 Å². The van der Waals surface area contributed by atoms with Crippen LogP contribution in [0.3, 0.4) is 0 Å². The lowest BCUT2D eigenvalue weighted by molar-refractivity contribution is -0.152. The Morgan fingerprint density at radius 3 is 1.59 bits per heavy atom. The number of hydrogen-bond donors (Lipinski definition) is 2. The molecule has 0 heterocycles. The molecule has 160 valence electrons. The molecule has 0 aliphatic carbocycles. The maximum absolute atomic E-state index is 12.5. The fraction of sp³-hybridized carbons (Fsp3) is 0.913. The molecule has 0 amide bonds. The summed E-state index contributed by atoms with van der Waals surface area (Å²) in [5.41, 5.74) is -0.693. The number of carboxylic acid groups (broad SMARTS) is 2. The highest BCUT2D eigenvalue weighted by Crippen LogP contribution is 2.43. The van der Waals surface area contributed by atoms with Gasteiger partial charge in [0.25, 0.3) is 0 Å². The smallest absolute Gasteiger partial charge is 0.309 e. The van der Waals surface area contributed by atoms with Crippen molar-refractivity contribution in [3.05, 3.63) is 0 Å². The Hall–Kier alpha value is -1.06. The summed E-state index contributed by atoms with van der Waals surface area (Å²) < 4.78 is 0. The molecule has 0 saturated heterocycles. The first-order chi connectivity index (χ1) is 12.8. The second-order valence-corrected chi connectivity index (χ2v) is 8.43. The summed E-state index contributed by atoms with van der Waals surface area (Å²) in [5.74, 6) is -0.559. The topological polar surface area (TPSA) is 74.6 Å². The van der Waals surface area contributed by atoms with Crippen LogP contribution in [0, 0.1) is 17.3 Å². The monoisotopic (exact) mass is 384 g/mol. The number of aliphatic carboxylic acids is 2. The molecule has 0 aliphatic heterocycles. The molecule has 0 aromatic carbocycles. The Kier molecular flexibility index (Phi) is 14.3. The number of carboxylic acids is 2. The summed E-state index contributed by atoms with van der Waals surface area (Å²) >= 11 is 0. The number of carbonyl (C=O) groups is 2. The van der Waals surface area contributed by atoms with Crippen LogP contribution in [0.2, 0.25) is 0 Å². The molecule has 0 aliphatic rings. The molecule has 2 N–H and O–H groups in total. The van der Waals surface area contributed by atoms with Gasteiger partial charge in [-0.1, -0.05) is 85.5 Å². The Bertz CT molecular complexity index is 387. The van der Waals surface area contributed by atoms with Crippen LogP contribution >= 0.6 is 0 Å². The van der Waals surface area contributed by atoms with Crippen molar-refractivity contribution in [1.29, 1.82) is 0 Å². The molecule has 0 saturated carbocycles. The third-order valence-electron chi connectivity index (χ3n) is 6.20. The minimum atomic E-state index is -0.792. The second-order valence-electron chi connectivity index (χ2n) is 8.43. The number of unbranched alkanes of at least 4 members (excludes halogenated alkanes) is 3. The van der Waals surface area contributed by atoms with Crippen molar-refractivity contribution in [1.82, 2.24) is 0 Å². The molecule has 0 aromatic rings. The van der Waals surface area contributed by atoms with E-state index in [0.29, 0.717) is 31.1 Å². The summed E-state index contributed by atoms with van der Waals surface area (Å²) in [7, 11) is 0. The van der Waals surface area contributed by atoms with E-state index in [-0.39, 0.29) is 6.42 Å². The normalized spacial score (nSPS) is 15.9. The van der Waals surface area contributed by atoms with Gasteiger partial charge in [0, 0.05) is 6.42 Å². The Morgan fingerprint density at radius 2 is 1.26 bits per heavy atom. The van der Waals surface area contributed by atoms with Crippen LogP contribution in [0.1, 0.15) is 118 Å². The van der Waals surface area contributed by atoms with Crippen LogP contribution in [0.5, 0.6) is 0 Å². The predicted octanol–water partition coefficient (Wildman–Crippen LogP) is 6.92.